The maximum absolute atomic E-state index is 6.18. The van der Waals surface area contributed by atoms with Crippen molar-refractivity contribution in [3.05, 3.63) is 24.0 Å². The first-order valence-electron chi connectivity index (χ1n) is 5.69. The Bertz CT molecular complexity index is 546. The van der Waals surface area contributed by atoms with Gasteiger partial charge in [0, 0.05) is 17.9 Å². The van der Waals surface area contributed by atoms with Crippen molar-refractivity contribution in [3.8, 4) is 5.75 Å². The van der Waals surface area contributed by atoms with Crippen LogP contribution in [0, 0.1) is 0 Å². The number of pyridine rings is 1. The van der Waals surface area contributed by atoms with Crippen LogP contribution in [-0.2, 0) is 0 Å². The van der Waals surface area contributed by atoms with Crippen molar-refractivity contribution in [2.45, 2.75) is 12.3 Å². The molecule has 2 aromatic rings. The maximum Gasteiger partial charge on any atom is 0.181 e. The molecule has 2 N–H and O–H groups in total. The molecule has 0 aliphatic carbocycles. The molecule has 1 atom stereocenters. The highest BCUT2D eigenvalue weighted by atomic mass is 32.2. The summed E-state index contributed by atoms with van der Waals surface area (Å²) in [6.07, 6.45) is 3.10. The lowest BCUT2D eigenvalue weighted by atomic mass is 10.1. The van der Waals surface area contributed by atoms with Gasteiger partial charge in [0.15, 0.2) is 11.4 Å². The quantitative estimate of drug-likeness (QED) is 0.886. The minimum atomic E-state index is 0.490. The zero-order valence-electron chi connectivity index (χ0n) is 9.72. The molecule has 17 heavy (non-hydrogen) atoms. The normalized spacial score (nSPS) is 19.9. The van der Waals surface area contributed by atoms with Crippen LogP contribution < -0.4 is 10.5 Å². The summed E-state index contributed by atoms with van der Waals surface area (Å²) in [4.78, 5) is 4.66. The number of aromatic nitrogens is 2. The molecule has 1 aliphatic heterocycles. The molecule has 1 fully saturated rings. The van der Waals surface area contributed by atoms with Gasteiger partial charge in [-0.05, 0) is 24.3 Å². The molecule has 4 nitrogen and oxygen atoms in total. The van der Waals surface area contributed by atoms with Gasteiger partial charge in [0.2, 0.25) is 0 Å². The van der Waals surface area contributed by atoms with E-state index >= 15 is 0 Å². The highest BCUT2D eigenvalue weighted by Gasteiger charge is 2.24. The molecule has 0 spiro atoms. The second-order valence-corrected chi connectivity index (χ2v) is 5.36. The van der Waals surface area contributed by atoms with E-state index in [1.807, 2.05) is 34.5 Å². The number of fused-ring (bicyclic) bond motifs is 1. The standard InChI is InChI=1S/C12H15N3OS/c1-16-9-3-2-5-15-11(13)10(14-12(9)15)8-4-6-17-7-8/h2-3,5,8H,4,6-7,13H2,1H3. The minimum Gasteiger partial charge on any atom is -0.493 e. The number of ether oxygens (including phenoxy) is 1. The molecule has 0 radical (unpaired) electrons. The molecule has 0 amide bonds. The molecule has 0 aromatic carbocycles. The van der Waals surface area contributed by atoms with E-state index in [1.165, 1.54) is 12.2 Å². The Kier molecular flexibility index (Phi) is 2.63. The monoisotopic (exact) mass is 249 g/mol. The minimum absolute atomic E-state index is 0.490. The lowest BCUT2D eigenvalue weighted by molar-refractivity contribution is 0.417. The van der Waals surface area contributed by atoms with E-state index in [2.05, 4.69) is 4.98 Å². The van der Waals surface area contributed by atoms with E-state index in [9.17, 15) is 0 Å². The van der Waals surface area contributed by atoms with Gasteiger partial charge < -0.3 is 10.5 Å². The number of imidazole rings is 1. The van der Waals surface area contributed by atoms with Crippen molar-refractivity contribution in [2.75, 3.05) is 24.3 Å². The second-order valence-electron chi connectivity index (χ2n) is 4.21. The van der Waals surface area contributed by atoms with Crippen LogP contribution in [0.1, 0.15) is 18.0 Å². The van der Waals surface area contributed by atoms with Gasteiger partial charge in [0.05, 0.1) is 12.8 Å². The first kappa shape index (κ1) is 10.8. The SMILES string of the molecule is COc1cccn2c(N)c(C3CCSC3)nc12. The van der Waals surface area contributed by atoms with Crippen molar-refractivity contribution in [3.63, 3.8) is 0 Å². The third kappa shape index (κ3) is 1.65. The van der Waals surface area contributed by atoms with Crippen molar-refractivity contribution in [1.82, 2.24) is 9.38 Å². The number of nitrogens with two attached hydrogens (primary N) is 1. The van der Waals surface area contributed by atoms with Crippen molar-refractivity contribution in [1.29, 1.82) is 0 Å². The van der Waals surface area contributed by atoms with Crippen LogP contribution in [0.15, 0.2) is 18.3 Å². The molecule has 0 bridgehead atoms. The fourth-order valence-corrected chi connectivity index (χ4v) is 3.52. The van der Waals surface area contributed by atoms with Gasteiger partial charge in [-0.15, -0.1) is 0 Å². The molecule has 2 aromatic heterocycles. The number of hydrogen-bond acceptors (Lipinski definition) is 4. The van der Waals surface area contributed by atoms with Gasteiger partial charge in [-0.2, -0.15) is 11.8 Å². The largest absolute Gasteiger partial charge is 0.493 e. The van der Waals surface area contributed by atoms with Crippen LogP contribution in [0.2, 0.25) is 0 Å². The molecule has 5 heteroatoms. The van der Waals surface area contributed by atoms with Crippen LogP contribution in [0.25, 0.3) is 5.65 Å². The van der Waals surface area contributed by atoms with Crippen molar-refractivity contribution < 1.29 is 4.74 Å². The summed E-state index contributed by atoms with van der Waals surface area (Å²) >= 11 is 1.97. The Hall–Kier alpha value is -1.36. The Labute approximate surface area is 104 Å². The zero-order valence-corrected chi connectivity index (χ0v) is 10.5. The van der Waals surface area contributed by atoms with Gasteiger partial charge in [0.1, 0.15) is 5.82 Å². The first-order chi connectivity index (χ1) is 8.31. The molecule has 0 saturated carbocycles. The van der Waals surface area contributed by atoms with Crippen LogP contribution in [-0.4, -0.2) is 28.0 Å². The fraction of sp³-hybridized carbons (Fsp3) is 0.417. The third-order valence-corrected chi connectivity index (χ3v) is 4.38. The second kappa shape index (κ2) is 4.14. The number of nitrogens with zero attached hydrogens (tertiary/aromatic N) is 2. The molecular formula is C12H15N3OS. The summed E-state index contributed by atoms with van der Waals surface area (Å²) in [5.74, 6) is 4.35. The number of hydrogen-bond donors (Lipinski definition) is 1. The Morgan fingerprint density at radius 3 is 3.18 bits per heavy atom. The Morgan fingerprint density at radius 2 is 2.47 bits per heavy atom. The maximum atomic E-state index is 6.18. The topological polar surface area (TPSA) is 52.5 Å². The summed E-state index contributed by atoms with van der Waals surface area (Å²) in [5, 5.41) is 0. The highest BCUT2D eigenvalue weighted by molar-refractivity contribution is 7.99. The third-order valence-electron chi connectivity index (χ3n) is 3.22. The fourth-order valence-electron chi connectivity index (χ4n) is 2.29. The highest BCUT2D eigenvalue weighted by Crippen LogP contribution is 2.36. The Morgan fingerprint density at radius 1 is 1.59 bits per heavy atom. The van der Waals surface area contributed by atoms with Gasteiger partial charge in [-0.25, -0.2) is 4.98 Å². The molecule has 3 rings (SSSR count). The number of methoxy groups -OCH3 is 1. The van der Waals surface area contributed by atoms with Crippen molar-refractivity contribution >= 4 is 23.2 Å². The average molecular weight is 249 g/mol. The smallest absolute Gasteiger partial charge is 0.181 e. The summed E-state index contributed by atoms with van der Waals surface area (Å²) in [5.41, 5.74) is 8.02. The van der Waals surface area contributed by atoms with Gasteiger partial charge in [-0.3, -0.25) is 4.40 Å². The summed E-state index contributed by atoms with van der Waals surface area (Å²) in [6.45, 7) is 0. The summed E-state index contributed by atoms with van der Waals surface area (Å²) in [6, 6.07) is 3.84. The predicted octanol–water partition coefficient (Wildman–Crippen LogP) is 2.15. The van der Waals surface area contributed by atoms with Crippen LogP contribution in [0.3, 0.4) is 0 Å². The molecule has 90 valence electrons. The molecule has 1 aliphatic rings. The van der Waals surface area contributed by atoms with Gasteiger partial charge in [0.25, 0.3) is 0 Å². The Balaban J connectivity index is 2.16. The molecule has 3 heterocycles. The van der Waals surface area contributed by atoms with E-state index in [0.29, 0.717) is 5.92 Å². The number of anilines is 1. The molecule has 1 unspecified atom stereocenters. The average Bonchev–Trinajstić information content (AvgIpc) is 2.97. The van der Waals surface area contributed by atoms with Crippen LogP contribution >= 0.6 is 11.8 Å². The van der Waals surface area contributed by atoms with Crippen LogP contribution in [0.4, 0.5) is 5.82 Å². The summed E-state index contributed by atoms with van der Waals surface area (Å²) in [7, 11) is 1.66. The zero-order chi connectivity index (χ0) is 11.8. The van der Waals surface area contributed by atoms with Crippen molar-refractivity contribution in [2.24, 2.45) is 0 Å². The number of nitrogen functional groups attached to an aromatic ring is 1. The number of thioether (sulfide) groups is 1. The van der Waals surface area contributed by atoms with Gasteiger partial charge in [-0.1, -0.05) is 0 Å². The van der Waals surface area contributed by atoms with E-state index in [-0.39, 0.29) is 0 Å². The van der Waals surface area contributed by atoms with Gasteiger partial charge >= 0.3 is 0 Å². The van der Waals surface area contributed by atoms with E-state index in [4.69, 9.17) is 10.5 Å². The molecule has 1 saturated heterocycles. The lowest BCUT2D eigenvalue weighted by Gasteiger charge is -2.04. The predicted molar refractivity (Wildman–Crippen MR) is 70.8 cm³/mol. The van der Waals surface area contributed by atoms with E-state index in [0.717, 1.165) is 28.7 Å². The molecular weight excluding hydrogens is 234 g/mol. The summed E-state index contributed by atoms with van der Waals surface area (Å²) < 4.78 is 7.23. The first-order valence-corrected chi connectivity index (χ1v) is 6.85. The van der Waals surface area contributed by atoms with E-state index < -0.39 is 0 Å². The van der Waals surface area contributed by atoms with Crippen LogP contribution in [0.5, 0.6) is 5.75 Å². The lowest BCUT2D eigenvalue weighted by Crippen LogP contribution is -2.02. The van der Waals surface area contributed by atoms with E-state index in [1.54, 1.807) is 7.11 Å². The number of rotatable bonds is 2.